The molecule has 2 aromatic carbocycles. The molecule has 0 aliphatic heterocycles. The molecule has 35 heavy (non-hydrogen) atoms. The van der Waals surface area contributed by atoms with Crippen LogP contribution >= 0.6 is 0 Å². The van der Waals surface area contributed by atoms with Crippen molar-refractivity contribution < 1.29 is 4.79 Å². The van der Waals surface area contributed by atoms with E-state index in [1.54, 1.807) is 0 Å². The quantitative estimate of drug-likeness (QED) is 0.362. The molecule has 0 atom stereocenters. The van der Waals surface area contributed by atoms with Gasteiger partial charge < -0.3 is 9.88 Å². The summed E-state index contributed by atoms with van der Waals surface area (Å²) in [5, 5.41) is 8.97. The van der Waals surface area contributed by atoms with Crippen LogP contribution in [0.3, 0.4) is 0 Å². The zero-order valence-corrected chi connectivity index (χ0v) is 20.3. The van der Waals surface area contributed by atoms with Crippen molar-refractivity contribution in [2.24, 2.45) is 0 Å². The highest BCUT2D eigenvalue weighted by Crippen LogP contribution is 2.25. The van der Waals surface area contributed by atoms with Crippen molar-refractivity contribution in [2.45, 2.75) is 33.7 Å². The lowest BCUT2D eigenvalue weighted by molar-refractivity contribution is 0.0954. The molecule has 5 rings (SSSR count). The first-order chi connectivity index (χ1) is 17.0. The predicted octanol–water partition coefficient (Wildman–Crippen LogP) is 5.17. The van der Waals surface area contributed by atoms with E-state index in [-0.39, 0.29) is 5.91 Å². The van der Waals surface area contributed by atoms with Crippen molar-refractivity contribution >= 4 is 16.9 Å². The third-order valence-corrected chi connectivity index (χ3v) is 6.19. The Morgan fingerprint density at radius 3 is 2.43 bits per heavy atom. The van der Waals surface area contributed by atoms with Crippen molar-refractivity contribution in [1.29, 1.82) is 0 Å². The van der Waals surface area contributed by atoms with E-state index < -0.39 is 0 Å². The molecule has 6 nitrogen and oxygen atoms in total. The normalized spacial score (nSPS) is 11.2. The largest absolute Gasteiger partial charge is 0.352 e. The Morgan fingerprint density at radius 1 is 0.914 bits per heavy atom. The number of benzene rings is 2. The van der Waals surface area contributed by atoms with Gasteiger partial charge in [-0.1, -0.05) is 42.0 Å². The summed E-state index contributed by atoms with van der Waals surface area (Å²) < 4.78 is 3.97. The fourth-order valence-electron chi connectivity index (χ4n) is 4.48. The molecular weight excluding hydrogens is 434 g/mol. The molecule has 0 radical (unpaired) electrons. The molecule has 0 bridgehead atoms. The maximum Gasteiger partial charge on any atom is 0.251 e. The summed E-state index contributed by atoms with van der Waals surface area (Å²) in [7, 11) is 0. The number of hydrogen-bond acceptors (Lipinski definition) is 3. The van der Waals surface area contributed by atoms with Crippen LogP contribution in [-0.4, -0.2) is 31.8 Å². The molecule has 176 valence electrons. The highest BCUT2D eigenvalue weighted by atomic mass is 16.1. The van der Waals surface area contributed by atoms with Crippen molar-refractivity contribution in [3.8, 4) is 5.82 Å². The number of amides is 1. The second-order valence-electron chi connectivity index (χ2n) is 9.04. The maximum absolute atomic E-state index is 12.6. The number of rotatable bonds is 7. The SMILES string of the molecule is Cc1cccc(CCNC(=O)c2ccc(Cn3nc(-n4cccc4)c4c(C)cc(C)nc43)cc2)c1. The molecule has 3 aromatic heterocycles. The summed E-state index contributed by atoms with van der Waals surface area (Å²) >= 11 is 0. The zero-order chi connectivity index (χ0) is 24.4. The van der Waals surface area contributed by atoms with E-state index in [1.165, 1.54) is 11.1 Å². The van der Waals surface area contributed by atoms with Crippen LogP contribution in [0.15, 0.2) is 79.1 Å². The number of nitrogens with zero attached hydrogens (tertiary/aromatic N) is 4. The van der Waals surface area contributed by atoms with E-state index in [0.29, 0.717) is 18.7 Å². The monoisotopic (exact) mass is 463 g/mol. The lowest BCUT2D eigenvalue weighted by Gasteiger charge is -2.08. The minimum absolute atomic E-state index is 0.0587. The Labute approximate surface area is 205 Å². The summed E-state index contributed by atoms with van der Waals surface area (Å²) in [6.45, 7) is 7.36. The van der Waals surface area contributed by atoms with E-state index >= 15 is 0 Å². The number of nitrogens with one attached hydrogen (secondary N) is 1. The molecule has 1 amide bonds. The smallest absolute Gasteiger partial charge is 0.251 e. The van der Waals surface area contributed by atoms with Gasteiger partial charge in [-0.2, -0.15) is 5.10 Å². The summed E-state index contributed by atoms with van der Waals surface area (Å²) in [4.78, 5) is 17.4. The van der Waals surface area contributed by atoms with Crippen molar-refractivity contribution in [3.05, 3.63) is 113 Å². The molecule has 0 unspecified atom stereocenters. The first-order valence-corrected chi connectivity index (χ1v) is 11.9. The number of carbonyl (C=O) groups excluding carboxylic acids is 1. The van der Waals surface area contributed by atoms with Gasteiger partial charge in [-0.3, -0.25) is 4.79 Å². The lowest BCUT2D eigenvalue weighted by Crippen LogP contribution is -2.25. The first-order valence-electron chi connectivity index (χ1n) is 11.9. The Balaban J connectivity index is 1.31. The zero-order valence-electron chi connectivity index (χ0n) is 20.3. The van der Waals surface area contributed by atoms with Crippen LogP contribution in [0.25, 0.3) is 16.9 Å². The van der Waals surface area contributed by atoms with Crippen molar-refractivity contribution in [3.63, 3.8) is 0 Å². The van der Waals surface area contributed by atoms with Gasteiger partial charge in [0.1, 0.15) is 0 Å². The highest BCUT2D eigenvalue weighted by molar-refractivity contribution is 5.94. The molecule has 0 aliphatic rings. The first kappa shape index (κ1) is 22.6. The maximum atomic E-state index is 12.6. The van der Waals surface area contributed by atoms with Crippen molar-refractivity contribution in [2.75, 3.05) is 6.54 Å². The molecule has 0 spiro atoms. The van der Waals surface area contributed by atoms with Gasteiger partial charge in [0, 0.05) is 30.2 Å². The van der Waals surface area contributed by atoms with Gasteiger partial charge >= 0.3 is 0 Å². The van der Waals surface area contributed by atoms with Crippen LogP contribution in [0.2, 0.25) is 0 Å². The third kappa shape index (κ3) is 4.87. The molecular formula is C29H29N5O. The van der Waals surface area contributed by atoms with Gasteiger partial charge in [-0.25, -0.2) is 9.67 Å². The van der Waals surface area contributed by atoms with Gasteiger partial charge in [0.15, 0.2) is 11.5 Å². The van der Waals surface area contributed by atoms with E-state index in [1.807, 2.05) is 71.0 Å². The Morgan fingerprint density at radius 2 is 1.69 bits per heavy atom. The van der Waals surface area contributed by atoms with Crippen LogP contribution in [-0.2, 0) is 13.0 Å². The number of fused-ring (bicyclic) bond motifs is 1. The number of pyridine rings is 1. The van der Waals surface area contributed by atoms with E-state index in [4.69, 9.17) is 10.1 Å². The fourth-order valence-corrected chi connectivity index (χ4v) is 4.48. The van der Waals surface area contributed by atoms with Crippen LogP contribution in [0.4, 0.5) is 0 Å². The Kier molecular flexibility index (Phi) is 6.19. The summed E-state index contributed by atoms with van der Waals surface area (Å²) in [6, 6.07) is 22.2. The Bertz CT molecular complexity index is 1480. The molecule has 0 fully saturated rings. The summed E-state index contributed by atoms with van der Waals surface area (Å²) in [6.07, 6.45) is 4.81. The summed E-state index contributed by atoms with van der Waals surface area (Å²) in [5.74, 6) is 0.816. The summed E-state index contributed by atoms with van der Waals surface area (Å²) in [5.41, 5.74) is 7.16. The number of aromatic nitrogens is 4. The van der Waals surface area contributed by atoms with E-state index in [9.17, 15) is 4.79 Å². The van der Waals surface area contributed by atoms with Gasteiger partial charge in [-0.15, -0.1) is 0 Å². The van der Waals surface area contributed by atoms with Crippen LogP contribution in [0, 0.1) is 20.8 Å². The van der Waals surface area contributed by atoms with E-state index in [2.05, 4.69) is 43.4 Å². The minimum Gasteiger partial charge on any atom is -0.352 e. The van der Waals surface area contributed by atoms with Gasteiger partial charge in [0.25, 0.3) is 5.91 Å². The topological polar surface area (TPSA) is 64.7 Å². The number of carbonyl (C=O) groups is 1. The molecule has 6 heteroatoms. The third-order valence-electron chi connectivity index (χ3n) is 6.19. The van der Waals surface area contributed by atoms with Crippen LogP contribution in [0.5, 0.6) is 0 Å². The average molecular weight is 464 g/mol. The predicted molar refractivity (Wildman–Crippen MR) is 139 cm³/mol. The number of aryl methyl sites for hydroxylation is 3. The molecule has 1 N–H and O–H groups in total. The van der Waals surface area contributed by atoms with E-state index in [0.717, 1.165) is 40.1 Å². The van der Waals surface area contributed by atoms with Gasteiger partial charge in [0.05, 0.1) is 11.9 Å². The molecule has 0 saturated heterocycles. The highest BCUT2D eigenvalue weighted by Gasteiger charge is 2.16. The number of hydrogen-bond donors (Lipinski definition) is 1. The minimum atomic E-state index is -0.0587. The molecule has 0 aliphatic carbocycles. The molecule has 0 saturated carbocycles. The average Bonchev–Trinajstić information content (AvgIpc) is 3.48. The standard InChI is InChI=1S/C29H29N5O/c1-20-7-6-8-23(17-20)13-14-30-29(35)25-11-9-24(10-12-25)19-34-27-26(21(2)18-22(3)31-27)28(32-34)33-15-4-5-16-33/h4-12,15-18H,13-14,19H2,1-3H3,(H,30,35). The fraction of sp³-hybridized carbons (Fsp3) is 0.207. The van der Waals surface area contributed by atoms with Crippen LogP contribution < -0.4 is 5.32 Å². The Hall–Kier alpha value is -4.19. The second kappa shape index (κ2) is 9.58. The van der Waals surface area contributed by atoms with Gasteiger partial charge in [0.2, 0.25) is 0 Å². The van der Waals surface area contributed by atoms with Crippen molar-refractivity contribution in [1.82, 2.24) is 24.6 Å². The lowest BCUT2D eigenvalue weighted by atomic mass is 10.1. The van der Waals surface area contributed by atoms with Gasteiger partial charge in [-0.05, 0) is 74.2 Å². The van der Waals surface area contributed by atoms with Crippen LogP contribution in [0.1, 0.15) is 38.3 Å². The molecule has 5 aromatic rings. The second-order valence-corrected chi connectivity index (χ2v) is 9.04. The molecule has 3 heterocycles.